The number of amides is 2. The van der Waals surface area contributed by atoms with Crippen molar-refractivity contribution in [3.05, 3.63) is 70.2 Å². The van der Waals surface area contributed by atoms with Crippen molar-refractivity contribution in [1.29, 1.82) is 0 Å². The Kier molecular flexibility index (Phi) is 6.81. The second-order valence-corrected chi connectivity index (χ2v) is 7.32. The first kappa shape index (κ1) is 20.0. The highest BCUT2D eigenvalue weighted by atomic mass is 35.5. The summed E-state index contributed by atoms with van der Waals surface area (Å²) in [7, 11) is 1.76. The van der Waals surface area contributed by atoms with E-state index in [2.05, 4.69) is 5.32 Å². The van der Waals surface area contributed by atoms with Crippen LogP contribution in [0.5, 0.6) is 0 Å². The second kappa shape index (κ2) is 8.86. The molecule has 4 nitrogen and oxygen atoms in total. The van der Waals surface area contributed by atoms with Crippen molar-refractivity contribution >= 4 is 23.4 Å². The summed E-state index contributed by atoms with van der Waals surface area (Å²) in [6.07, 6.45) is 0. The molecule has 1 atom stereocenters. The van der Waals surface area contributed by atoms with E-state index < -0.39 is 6.04 Å². The molecule has 0 saturated carbocycles. The molecule has 0 aliphatic heterocycles. The Labute approximate surface area is 160 Å². The van der Waals surface area contributed by atoms with E-state index in [1.54, 1.807) is 36.2 Å². The Morgan fingerprint density at radius 3 is 2.15 bits per heavy atom. The number of nitrogens with zero attached hydrogens (tertiary/aromatic N) is 1. The van der Waals surface area contributed by atoms with E-state index >= 15 is 0 Å². The monoisotopic (exact) mass is 372 g/mol. The lowest BCUT2D eigenvalue weighted by molar-refractivity contribution is -0.133. The Balaban J connectivity index is 2.07. The van der Waals surface area contributed by atoms with Gasteiger partial charge in [-0.2, -0.15) is 0 Å². The second-order valence-electron chi connectivity index (χ2n) is 6.88. The Morgan fingerprint density at radius 1 is 1.04 bits per heavy atom. The number of hydrogen-bond donors (Lipinski definition) is 1. The van der Waals surface area contributed by atoms with Crippen molar-refractivity contribution < 1.29 is 9.59 Å². The third-order valence-corrected chi connectivity index (χ3v) is 4.49. The van der Waals surface area contributed by atoms with Gasteiger partial charge in [0.05, 0.1) is 0 Å². The van der Waals surface area contributed by atoms with Crippen molar-refractivity contribution in [3.8, 4) is 0 Å². The van der Waals surface area contributed by atoms with Gasteiger partial charge in [-0.15, -0.1) is 0 Å². The first-order valence-corrected chi connectivity index (χ1v) is 9.02. The summed E-state index contributed by atoms with van der Waals surface area (Å²) in [5.74, 6) is -0.417. The summed E-state index contributed by atoms with van der Waals surface area (Å²) in [5, 5.41) is 3.42. The van der Waals surface area contributed by atoms with E-state index in [4.69, 9.17) is 11.6 Å². The summed E-state index contributed by atoms with van der Waals surface area (Å²) in [4.78, 5) is 27.0. The SMILES string of the molecule is Cc1ccc(CN(C)C(=O)[C@@H](NC(=O)c2ccc(Cl)cc2)C(C)C)cc1. The standard InChI is InChI=1S/C21H25ClN2O2/c1-14(2)19(23-20(25)17-9-11-18(22)12-10-17)21(26)24(4)13-16-7-5-15(3)6-8-16/h5-12,14,19H,13H2,1-4H3,(H,23,25)/t19-/m0/s1. The molecule has 0 spiro atoms. The highest BCUT2D eigenvalue weighted by molar-refractivity contribution is 6.30. The zero-order valence-corrected chi connectivity index (χ0v) is 16.4. The largest absolute Gasteiger partial charge is 0.340 e. The minimum Gasteiger partial charge on any atom is -0.340 e. The summed E-state index contributed by atoms with van der Waals surface area (Å²) >= 11 is 5.86. The van der Waals surface area contributed by atoms with Crippen molar-refractivity contribution in [2.75, 3.05) is 7.05 Å². The van der Waals surface area contributed by atoms with Gasteiger partial charge in [0.2, 0.25) is 5.91 Å². The Morgan fingerprint density at radius 2 is 1.62 bits per heavy atom. The van der Waals surface area contributed by atoms with Gasteiger partial charge in [0.15, 0.2) is 0 Å². The summed E-state index contributed by atoms with van der Waals surface area (Å²) < 4.78 is 0. The van der Waals surface area contributed by atoms with Crippen LogP contribution in [0.3, 0.4) is 0 Å². The predicted octanol–water partition coefficient (Wildman–Crippen LogP) is 4.06. The maximum Gasteiger partial charge on any atom is 0.251 e. The fourth-order valence-corrected chi connectivity index (χ4v) is 2.75. The van der Waals surface area contributed by atoms with E-state index in [1.807, 2.05) is 45.0 Å². The van der Waals surface area contributed by atoms with Crippen LogP contribution in [0.1, 0.15) is 35.3 Å². The molecule has 0 heterocycles. The molecule has 0 aromatic heterocycles. The molecule has 0 aliphatic rings. The van der Waals surface area contributed by atoms with Crippen LogP contribution in [-0.4, -0.2) is 29.8 Å². The van der Waals surface area contributed by atoms with Crippen LogP contribution in [0.15, 0.2) is 48.5 Å². The van der Waals surface area contributed by atoms with Gasteiger partial charge in [0.25, 0.3) is 5.91 Å². The first-order chi connectivity index (χ1) is 12.3. The van der Waals surface area contributed by atoms with Crippen LogP contribution in [0.25, 0.3) is 0 Å². The maximum atomic E-state index is 12.9. The maximum absolute atomic E-state index is 12.9. The van der Waals surface area contributed by atoms with Gasteiger partial charge in [0.1, 0.15) is 6.04 Å². The molecule has 2 amide bonds. The lowest BCUT2D eigenvalue weighted by Gasteiger charge is -2.27. The number of benzene rings is 2. The summed E-state index contributed by atoms with van der Waals surface area (Å²) in [6, 6.07) is 14.1. The topological polar surface area (TPSA) is 49.4 Å². The van der Waals surface area contributed by atoms with Crippen LogP contribution in [0.4, 0.5) is 0 Å². The van der Waals surface area contributed by atoms with Gasteiger partial charge in [-0.3, -0.25) is 9.59 Å². The van der Waals surface area contributed by atoms with Crippen molar-refractivity contribution in [3.63, 3.8) is 0 Å². The lowest BCUT2D eigenvalue weighted by Crippen LogP contribution is -2.50. The van der Waals surface area contributed by atoms with Crippen molar-refractivity contribution in [2.45, 2.75) is 33.4 Å². The normalized spacial score (nSPS) is 11.9. The van der Waals surface area contributed by atoms with Gasteiger partial charge in [-0.1, -0.05) is 55.3 Å². The quantitative estimate of drug-likeness (QED) is 0.831. The van der Waals surface area contributed by atoms with Crippen LogP contribution in [0.2, 0.25) is 5.02 Å². The zero-order chi connectivity index (χ0) is 19.3. The fraction of sp³-hybridized carbons (Fsp3) is 0.333. The molecule has 0 radical (unpaired) electrons. The molecular weight excluding hydrogens is 348 g/mol. The van der Waals surface area contributed by atoms with Crippen LogP contribution in [-0.2, 0) is 11.3 Å². The van der Waals surface area contributed by atoms with Crippen LogP contribution in [0, 0.1) is 12.8 Å². The molecule has 0 aliphatic carbocycles. The van der Waals surface area contributed by atoms with E-state index in [1.165, 1.54) is 5.56 Å². The Hall–Kier alpha value is -2.33. The van der Waals surface area contributed by atoms with E-state index in [0.29, 0.717) is 17.1 Å². The average Bonchev–Trinajstić information content (AvgIpc) is 2.61. The number of hydrogen-bond acceptors (Lipinski definition) is 2. The molecule has 0 fully saturated rings. The van der Waals surface area contributed by atoms with E-state index in [-0.39, 0.29) is 17.7 Å². The molecule has 2 aromatic rings. The fourth-order valence-electron chi connectivity index (χ4n) is 2.62. The van der Waals surface area contributed by atoms with E-state index in [9.17, 15) is 9.59 Å². The molecule has 5 heteroatoms. The predicted molar refractivity (Wildman–Crippen MR) is 105 cm³/mol. The molecule has 0 saturated heterocycles. The number of aryl methyl sites for hydroxylation is 1. The van der Waals surface area contributed by atoms with Crippen LogP contribution >= 0.6 is 11.6 Å². The molecule has 2 rings (SSSR count). The zero-order valence-electron chi connectivity index (χ0n) is 15.6. The molecule has 26 heavy (non-hydrogen) atoms. The average molecular weight is 373 g/mol. The third-order valence-electron chi connectivity index (χ3n) is 4.24. The third kappa shape index (κ3) is 5.33. The molecular formula is C21H25ClN2O2. The summed E-state index contributed by atoms with van der Waals surface area (Å²) in [5.41, 5.74) is 2.71. The summed E-state index contributed by atoms with van der Waals surface area (Å²) in [6.45, 7) is 6.37. The molecule has 138 valence electrons. The number of rotatable bonds is 6. The Bertz CT molecular complexity index is 755. The number of carbonyl (C=O) groups is 2. The lowest BCUT2D eigenvalue weighted by atomic mass is 10.0. The number of likely N-dealkylation sites (N-methyl/N-ethyl adjacent to an activating group) is 1. The van der Waals surface area contributed by atoms with Gasteiger partial charge >= 0.3 is 0 Å². The van der Waals surface area contributed by atoms with Crippen molar-refractivity contribution in [2.24, 2.45) is 5.92 Å². The molecule has 1 N–H and O–H groups in total. The smallest absolute Gasteiger partial charge is 0.251 e. The molecule has 0 unspecified atom stereocenters. The van der Waals surface area contributed by atoms with Gasteiger partial charge in [0, 0.05) is 24.2 Å². The van der Waals surface area contributed by atoms with Gasteiger partial charge < -0.3 is 10.2 Å². The number of halogens is 1. The molecule has 0 bridgehead atoms. The number of nitrogens with one attached hydrogen (secondary N) is 1. The number of carbonyl (C=O) groups excluding carboxylic acids is 2. The first-order valence-electron chi connectivity index (χ1n) is 8.65. The minimum atomic E-state index is -0.589. The van der Waals surface area contributed by atoms with Gasteiger partial charge in [-0.25, -0.2) is 0 Å². The van der Waals surface area contributed by atoms with E-state index in [0.717, 1.165) is 5.56 Å². The highest BCUT2D eigenvalue weighted by Gasteiger charge is 2.27. The minimum absolute atomic E-state index is 0.0285. The highest BCUT2D eigenvalue weighted by Crippen LogP contribution is 2.13. The van der Waals surface area contributed by atoms with Gasteiger partial charge in [-0.05, 0) is 42.7 Å². The van der Waals surface area contributed by atoms with Crippen LogP contribution < -0.4 is 5.32 Å². The molecule has 2 aromatic carbocycles. The van der Waals surface area contributed by atoms with Crippen molar-refractivity contribution in [1.82, 2.24) is 10.2 Å².